The average Bonchev–Trinajstić information content (AvgIpc) is 2.62. The maximum Gasteiger partial charge on any atom is 0.410 e. The molecule has 1 amide bonds. The van der Waals surface area contributed by atoms with E-state index < -0.39 is 0 Å². The molecule has 124 valence electrons. The number of benzene rings is 1. The van der Waals surface area contributed by atoms with Crippen LogP contribution in [0.25, 0.3) is 0 Å². The second kappa shape index (κ2) is 8.13. The van der Waals surface area contributed by atoms with Gasteiger partial charge in [0.25, 0.3) is 0 Å². The topological polar surface area (TPSA) is 42.0 Å². The summed E-state index contributed by atoms with van der Waals surface area (Å²) in [7, 11) is 0. The van der Waals surface area contributed by atoms with Gasteiger partial charge in [0.15, 0.2) is 0 Å². The Morgan fingerprint density at radius 1 is 1.13 bits per heavy atom. The monoisotopic (exact) mass is 316 g/mol. The van der Waals surface area contributed by atoms with Crippen molar-refractivity contribution in [2.45, 2.75) is 13.0 Å². The van der Waals surface area contributed by atoms with Gasteiger partial charge >= 0.3 is 6.09 Å². The van der Waals surface area contributed by atoms with E-state index in [1.54, 1.807) is 4.90 Å². The quantitative estimate of drug-likeness (QED) is 0.799. The molecule has 1 aromatic rings. The van der Waals surface area contributed by atoms with Crippen molar-refractivity contribution >= 4 is 6.09 Å². The first kappa shape index (κ1) is 16.0. The lowest BCUT2D eigenvalue weighted by molar-refractivity contribution is 0.0715. The number of carbonyl (C=O) groups is 1. The molecule has 23 heavy (non-hydrogen) atoms. The standard InChI is InChI=1S/C18H24N2O3/c21-18(23-15-16-5-2-1-3-6-16)20-10-8-19(9-11-20)13-17-7-4-12-22-14-17/h1-3,5-7H,4,8-15H2. The van der Waals surface area contributed by atoms with E-state index in [1.165, 1.54) is 5.57 Å². The highest BCUT2D eigenvalue weighted by Crippen LogP contribution is 2.11. The largest absolute Gasteiger partial charge is 0.445 e. The summed E-state index contributed by atoms with van der Waals surface area (Å²) in [5.41, 5.74) is 2.38. The average molecular weight is 316 g/mol. The van der Waals surface area contributed by atoms with E-state index in [1.807, 2.05) is 30.3 Å². The van der Waals surface area contributed by atoms with Crippen molar-refractivity contribution in [3.05, 3.63) is 47.5 Å². The number of amides is 1. The summed E-state index contributed by atoms with van der Waals surface area (Å²) in [6.45, 7) is 6.10. The molecular formula is C18H24N2O3. The minimum absolute atomic E-state index is 0.214. The van der Waals surface area contributed by atoms with Gasteiger partial charge in [0.1, 0.15) is 6.61 Å². The van der Waals surface area contributed by atoms with E-state index in [0.717, 1.165) is 57.9 Å². The molecule has 0 N–H and O–H groups in total. The van der Waals surface area contributed by atoms with Crippen molar-refractivity contribution in [1.29, 1.82) is 0 Å². The molecule has 0 saturated carbocycles. The van der Waals surface area contributed by atoms with Gasteiger partial charge in [-0.25, -0.2) is 4.79 Å². The van der Waals surface area contributed by atoms with E-state index >= 15 is 0 Å². The molecular weight excluding hydrogens is 292 g/mol. The molecule has 2 heterocycles. The van der Waals surface area contributed by atoms with Crippen LogP contribution in [0.1, 0.15) is 12.0 Å². The molecule has 0 aliphatic carbocycles. The summed E-state index contributed by atoms with van der Waals surface area (Å²) >= 11 is 0. The van der Waals surface area contributed by atoms with Gasteiger partial charge in [0, 0.05) is 32.7 Å². The molecule has 2 aliphatic rings. The van der Waals surface area contributed by atoms with E-state index in [4.69, 9.17) is 9.47 Å². The van der Waals surface area contributed by atoms with Crippen LogP contribution in [0.4, 0.5) is 4.79 Å². The fraction of sp³-hybridized carbons (Fsp3) is 0.500. The highest BCUT2D eigenvalue weighted by Gasteiger charge is 2.22. The predicted octanol–water partition coefficient (Wildman–Crippen LogP) is 2.29. The van der Waals surface area contributed by atoms with Crippen LogP contribution in [0.15, 0.2) is 42.0 Å². The van der Waals surface area contributed by atoms with Crippen LogP contribution < -0.4 is 0 Å². The number of hydrogen-bond donors (Lipinski definition) is 0. The van der Waals surface area contributed by atoms with Gasteiger partial charge in [-0.1, -0.05) is 36.4 Å². The van der Waals surface area contributed by atoms with Gasteiger partial charge in [-0.3, -0.25) is 4.90 Å². The lowest BCUT2D eigenvalue weighted by Gasteiger charge is -2.34. The lowest BCUT2D eigenvalue weighted by atomic mass is 10.1. The first-order chi connectivity index (χ1) is 11.3. The SMILES string of the molecule is O=C(OCc1ccccc1)N1CCN(CC2=CCCOC2)CC1. The first-order valence-corrected chi connectivity index (χ1v) is 8.25. The Morgan fingerprint density at radius 2 is 1.91 bits per heavy atom. The van der Waals surface area contributed by atoms with Gasteiger partial charge in [-0.05, 0) is 17.6 Å². The van der Waals surface area contributed by atoms with E-state index in [0.29, 0.717) is 6.61 Å². The van der Waals surface area contributed by atoms with Gasteiger partial charge in [0.05, 0.1) is 13.2 Å². The highest BCUT2D eigenvalue weighted by molar-refractivity contribution is 5.67. The maximum absolute atomic E-state index is 12.1. The number of ether oxygens (including phenoxy) is 2. The van der Waals surface area contributed by atoms with Crippen molar-refractivity contribution < 1.29 is 14.3 Å². The molecule has 0 radical (unpaired) electrons. The van der Waals surface area contributed by atoms with Crippen molar-refractivity contribution in [2.24, 2.45) is 0 Å². The van der Waals surface area contributed by atoms with Crippen molar-refractivity contribution in [2.75, 3.05) is 45.9 Å². The molecule has 3 rings (SSSR count). The number of hydrogen-bond acceptors (Lipinski definition) is 4. The third kappa shape index (κ3) is 4.81. The van der Waals surface area contributed by atoms with Gasteiger partial charge in [0.2, 0.25) is 0 Å². The zero-order chi connectivity index (χ0) is 15.9. The van der Waals surface area contributed by atoms with E-state index in [-0.39, 0.29) is 6.09 Å². The van der Waals surface area contributed by atoms with Crippen molar-refractivity contribution in [3.63, 3.8) is 0 Å². The van der Waals surface area contributed by atoms with Gasteiger partial charge in [-0.15, -0.1) is 0 Å². The summed E-state index contributed by atoms with van der Waals surface area (Å²) in [6, 6.07) is 9.78. The second-order valence-corrected chi connectivity index (χ2v) is 6.01. The van der Waals surface area contributed by atoms with Crippen LogP contribution >= 0.6 is 0 Å². The van der Waals surface area contributed by atoms with Crippen LogP contribution in [0.3, 0.4) is 0 Å². The Balaban J connectivity index is 1.39. The van der Waals surface area contributed by atoms with Crippen LogP contribution in [0, 0.1) is 0 Å². The summed E-state index contributed by atoms with van der Waals surface area (Å²) in [6.07, 6.45) is 3.08. The fourth-order valence-corrected chi connectivity index (χ4v) is 2.91. The van der Waals surface area contributed by atoms with Gasteiger partial charge < -0.3 is 14.4 Å². The second-order valence-electron chi connectivity index (χ2n) is 6.01. The van der Waals surface area contributed by atoms with E-state index in [9.17, 15) is 4.79 Å². The molecule has 1 aromatic carbocycles. The summed E-state index contributed by atoms with van der Waals surface area (Å²) < 4.78 is 10.9. The molecule has 1 saturated heterocycles. The highest BCUT2D eigenvalue weighted by atomic mass is 16.6. The summed E-state index contributed by atoms with van der Waals surface area (Å²) in [5.74, 6) is 0. The van der Waals surface area contributed by atoms with Crippen molar-refractivity contribution in [3.8, 4) is 0 Å². The third-order valence-corrected chi connectivity index (χ3v) is 4.24. The normalized spacial score (nSPS) is 19.3. The summed E-state index contributed by atoms with van der Waals surface area (Å²) in [4.78, 5) is 16.3. The molecule has 0 bridgehead atoms. The van der Waals surface area contributed by atoms with Crippen LogP contribution in [-0.2, 0) is 16.1 Å². The number of piperazine rings is 1. The molecule has 5 heteroatoms. The third-order valence-electron chi connectivity index (χ3n) is 4.24. The Kier molecular flexibility index (Phi) is 5.66. The Hall–Kier alpha value is -1.85. The van der Waals surface area contributed by atoms with Crippen LogP contribution in [0.5, 0.6) is 0 Å². The summed E-state index contributed by atoms with van der Waals surface area (Å²) in [5, 5.41) is 0. The van der Waals surface area contributed by atoms with Crippen molar-refractivity contribution in [1.82, 2.24) is 9.80 Å². The number of carbonyl (C=O) groups excluding carboxylic acids is 1. The minimum Gasteiger partial charge on any atom is -0.445 e. The fourth-order valence-electron chi connectivity index (χ4n) is 2.91. The number of nitrogens with zero attached hydrogens (tertiary/aromatic N) is 2. The van der Waals surface area contributed by atoms with Gasteiger partial charge in [-0.2, -0.15) is 0 Å². The van der Waals surface area contributed by atoms with Crippen LogP contribution in [-0.4, -0.2) is 61.8 Å². The molecule has 0 spiro atoms. The maximum atomic E-state index is 12.1. The number of rotatable bonds is 4. The molecule has 0 aromatic heterocycles. The molecule has 0 atom stereocenters. The lowest BCUT2D eigenvalue weighted by Crippen LogP contribution is -2.49. The Labute approximate surface area is 137 Å². The Bertz CT molecular complexity index is 536. The zero-order valence-electron chi connectivity index (χ0n) is 13.4. The first-order valence-electron chi connectivity index (χ1n) is 8.25. The molecule has 0 unspecified atom stereocenters. The molecule has 1 fully saturated rings. The zero-order valence-corrected chi connectivity index (χ0v) is 13.4. The van der Waals surface area contributed by atoms with E-state index in [2.05, 4.69) is 11.0 Å². The molecule has 2 aliphatic heterocycles. The molecule has 5 nitrogen and oxygen atoms in total. The minimum atomic E-state index is -0.214. The smallest absolute Gasteiger partial charge is 0.410 e. The Morgan fingerprint density at radius 3 is 2.61 bits per heavy atom. The predicted molar refractivity (Wildman–Crippen MR) is 88.2 cm³/mol. The van der Waals surface area contributed by atoms with Crippen LogP contribution in [0.2, 0.25) is 0 Å².